The zero-order valence-electron chi connectivity index (χ0n) is 17.9. The number of carbonyl (C=O) groups is 1. The average Bonchev–Trinajstić information content (AvgIpc) is 2.75. The molecule has 1 amide bonds. The molecule has 0 aliphatic carbocycles. The van der Waals surface area contributed by atoms with E-state index >= 15 is 0 Å². The number of alkyl halides is 1. The van der Waals surface area contributed by atoms with Gasteiger partial charge in [0.25, 0.3) is 0 Å². The van der Waals surface area contributed by atoms with Crippen molar-refractivity contribution in [3.8, 4) is 11.5 Å². The fourth-order valence-corrected chi connectivity index (χ4v) is 4.66. The Labute approximate surface area is 190 Å². The van der Waals surface area contributed by atoms with E-state index in [9.17, 15) is 17.6 Å². The van der Waals surface area contributed by atoms with Crippen molar-refractivity contribution < 1.29 is 27.1 Å². The number of methoxy groups -OCH3 is 1. The van der Waals surface area contributed by atoms with Crippen LogP contribution in [-0.2, 0) is 16.6 Å². The van der Waals surface area contributed by atoms with Gasteiger partial charge in [-0.1, -0.05) is 30.8 Å². The van der Waals surface area contributed by atoms with Crippen LogP contribution in [0.1, 0.15) is 24.5 Å². The number of amides is 1. The van der Waals surface area contributed by atoms with E-state index in [1.807, 2.05) is 6.92 Å². The summed E-state index contributed by atoms with van der Waals surface area (Å²) in [5.74, 6) is 0.659. The van der Waals surface area contributed by atoms with Crippen LogP contribution in [0, 0.1) is 0 Å². The first-order valence-corrected chi connectivity index (χ1v) is 12.5. The molecule has 1 unspecified atom stereocenters. The van der Waals surface area contributed by atoms with Crippen molar-refractivity contribution in [3.63, 3.8) is 0 Å². The largest absolute Gasteiger partial charge is 0.493 e. The van der Waals surface area contributed by atoms with Gasteiger partial charge in [0.15, 0.2) is 11.5 Å². The highest BCUT2D eigenvalue weighted by atomic mass is 32.2. The molecule has 1 aliphatic rings. The van der Waals surface area contributed by atoms with Crippen molar-refractivity contribution in [1.82, 2.24) is 5.01 Å². The molecule has 2 aromatic carbocycles. The number of sulfonamides is 1. The number of hydrogen-bond donors (Lipinski definition) is 1. The third kappa shape index (κ3) is 5.92. The van der Waals surface area contributed by atoms with Crippen LogP contribution in [-0.4, -0.2) is 49.9 Å². The van der Waals surface area contributed by atoms with Crippen LogP contribution in [0.15, 0.2) is 47.6 Å². The second-order valence-corrected chi connectivity index (χ2v) is 9.92. The molecular weight excluding hydrogens is 457 g/mol. The predicted octanol–water partition coefficient (Wildman–Crippen LogP) is 4.22. The number of halogens is 1. The summed E-state index contributed by atoms with van der Waals surface area (Å²) in [4.78, 5) is 12.7. The maximum Gasteiger partial charge on any atom is 0.302 e. The predicted molar refractivity (Wildman–Crippen MR) is 124 cm³/mol. The third-order valence-electron chi connectivity index (χ3n) is 4.62. The average molecular weight is 482 g/mol. The molecule has 0 saturated heterocycles. The molecule has 3 rings (SSSR count). The van der Waals surface area contributed by atoms with Crippen LogP contribution in [0.25, 0.3) is 0 Å². The van der Waals surface area contributed by atoms with Gasteiger partial charge in [-0.05, 0) is 42.3 Å². The zero-order chi connectivity index (χ0) is 23.3. The number of hydrazone groups is 1. The molecule has 172 valence electrons. The molecule has 0 radical (unpaired) electrons. The van der Waals surface area contributed by atoms with Crippen LogP contribution < -0.4 is 14.2 Å². The van der Waals surface area contributed by atoms with Crippen LogP contribution in [0.3, 0.4) is 0 Å². The van der Waals surface area contributed by atoms with Gasteiger partial charge in [0.05, 0.1) is 30.9 Å². The van der Waals surface area contributed by atoms with Gasteiger partial charge < -0.3 is 9.47 Å². The fourth-order valence-electron chi connectivity index (χ4n) is 3.17. The Morgan fingerprint density at radius 3 is 2.50 bits per heavy atom. The monoisotopic (exact) mass is 481 g/mol. The first-order chi connectivity index (χ1) is 15.2. The fraction of sp³-hybridized carbons (Fsp3) is 0.333. The molecule has 0 spiro atoms. The van der Waals surface area contributed by atoms with Crippen LogP contribution in [0.2, 0.25) is 0 Å². The Balaban J connectivity index is 1.88. The highest BCUT2D eigenvalue weighted by Gasteiger charge is 2.30. The number of benzene rings is 2. The summed E-state index contributed by atoms with van der Waals surface area (Å²) >= 11 is 1.18. The number of carbonyl (C=O) groups excluding carboxylic acids is 1. The Kier molecular flexibility index (Phi) is 7.62. The van der Waals surface area contributed by atoms with Crippen LogP contribution in [0.5, 0.6) is 11.5 Å². The normalized spacial score (nSPS) is 16.5. The van der Waals surface area contributed by atoms with Gasteiger partial charge in [0.2, 0.25) is 16.9 Å². The van der Waals surface area contributed by atoms with E-state index in [0.717, 1.165) is 11.8 Å². The zero-order valence-corrected chi connectivity index (χ0v) is 19.5. The molecule has 11 heteroatoms. The molecule has 1 aliphatic heterocycles. The van der Waals surface area contributed by atoms with E-state index in [2.05, 4.69) is 9.82 Å². The molecule has 8 nitrogen and oxygen atoms in total. The molecule has 0 fully saturated rings. The van der Waals surface area contributed by atoms with Crippen molar-refractivity contribution in [2.24, 2.45) is 5.10 Å². The summed E-state index contributed by atoms with van der Waals surface area (Å²) in [6.45, 7) is 1.19. The van der Waals surface area contributed by atoms with Gasteiger partial charge in [-0.2, -0.15) is 5.10 Å². The summed E-state index contributed by atoms with van der Waals surface area (Å²) in [6.07, 6.45) is 1.76. The molecule has 1 heterocycles. The smallest absolute Gasteiger partial charge is 0.302 e. The van der Waals surface area contributed by atoms with Crippen molar-refractivity contribution in [3.05, 3.63) is 53.6 Å². The van der Waals surface area contributed by atoms with E-state index in [4.69, 9.17) is 9.47 Å². The first-order valence-electron chi connectivity index (χ1n) is 9.74. The number of rotatable bonds is 9. The Hall–Kier alpha value is -2.79. The highest BCUT2D eigenvalue weighted by Crippen LogP contribution is 2.34. The molecule has 32 heavy (non-hydrogen) atoms. The van der Waals surface area contributed by atoms with Crippen molar-refractivity contribution >= 4 is 38.4 Å². The molecular formula is C21H24FN3O5S2. The van der Waals surface area contributed by atoms with Gasteiger partial charge in [0.1, 0.15) is 0 Å². The molecule has 1 N–H and O–H groups in total. The van der Waals surface area contributed by atoms with Crippen LogP contribution in [0.4, 0.5) is 14.9 Å². The van der Waals surface area contributed by atoms with E-state index in [0.29, 0.717) is 29.1 Å². The lowest BCUT2D eigenvalue weighted by molar-refractivity contribution is 0.184. The van der Waals surface area contributed by atoms with Crippen molar-refractivity contribution in [1.29, 1.82) is 0 Å². The van der Waals surface area contributed by atoms with E-state index in [-0.39, 0.29) is 22.8 Å². The number of nitrogens with one attached hydrogen (secondary N) is 1. The molecule has 0 saturated carbocycles. The molecule has 2 aromatic rings. The Bertz CT molecular complexity index is 1110. The van der Waals surface area contributed by atoms with Gasteiger partial charge in [-0.3, -0.25) is 9.52 Å². The summed E-state index contributed by atoms with van der Waals surface area (Å²) in [5, 5.41) is 5.62. The summed E-state index contributed by atoms with van der Waals surface area (Å²) < 4.78 is 48.1. The molecule has 1 atom stereocenters. The lowest BCUT2D eigenvalue weighted by Gasteiger charge is -2.28. The summed E-state index contributed by atoms with van der Waals surface area (Å²) in [7, 11) is -1.90. The van der Waals surface area contributed by atoms with Gasteiger partial charge in [-0.15, -0.1) is 0 Å². The lowest BCUT2D eigenvalue weighted by Crippen LogP contribution is -2.34. The number of nitrogens with zero attached hydrogens (tertiary/aromatic N) is 2. The van der Waals surface area contributed by atoms with E-state index in [1.165, 1.54) is 23.9 Å². The van der Waals surface area contributed by atoms with E-state index in [1.54, 1.807) is 42.5 Å². The summed E-state index contributed by atoms with van der Waals surface area (Å²) in [5.41, 5.74) is 2.61. The highest BCUT2D eigenvalue weighted by molar-refractivity contribution is 8.14. The maximum atomic E-state index is 12.8. The van der Waals surface area contributed by atoms with E-state index < -0.39 is 16.9 Å². The molecule has 0 aromatic heterocycles. The van der Waals surface area contributed by atoms with Gasteiger partial charge in [0, 0.05) is 11.3 Å². The summed E-state index contributed by atoms with van der Waals surface area (Å²) in [6, 6.07) is 11.8. The topological polar surface area (TPSA) is 97.3 Å². The Morgan fingerprint density at radius 1 is 1.19 bits per heavy atom. The SMILES string of the molecule is CCC1SC(=O)N(Cc2ccc(NS(C)(=O)=O)cc2)N=C1c1ccc(OC)c(OCF)c1. The van der Waals surface area contributed by atoms with Gasteiger partial charge in [-0.25, -0.2) is 17.8 Å². The minimum Gasteiger partial charge on any atom is -0.493 e. The second kappa shape index (κ2) is 10.2. The minimum atomic E-state index is -3.37. The lowest BCUT2D eigenvalue weighted by atomic mass is 10.0. The standard InChI is InChI=1S/C21H24FN3O5S2/c1-4-19-20(15-7-10-17(29-2)18(11-15)30-13-22)23-25(21(26)31-19)12-14-5-8-16(9-6-14)24-32(3,27)28/h5-11,19,24H,4,12-13H2,1-3H3. The molecule has 0 bridgehead atoms. The quantitative estimate of drug-likeness (QED) is 0.576. The van der Waals surface area contributed by atoms with Crippen LogP contribution >= 0.6 is 11.8 Å². The maximum absolute atomic E-state index is 12.8. The third-order valence-corrected chi connectivity index (χ3v) is 6.48. The van der Waals surface area contributed by atoms with Crippen molar-refractivity contribution in [2.45, 2.75) is 25.1 Å². The first kappa shape index (κ1) is 23.9. The minimum absolute atomic E-state index is 0.160. The Morgan fingerprint density at radius 2 is 1.91 bits per heavy atom. The second-order valence-electron chi connectivity index (χ2n) is 7.01. The van der Waals surface area contributed by atoms with Crippen molar-refractivity contribution in [2.75, 3.05) is 24.9 Å². The number of thioether (sulfide) groups is 1. The number of hydrogen-bond acceptors (Lipinski definition) is 7. The number of ether oxygens (including phenoxy) is 2. The van der Waals surface area contributed by atoms with Gasteiger partial charge >= 0.3 is 5.24 Å². The number of anilines is 1.